The summed E-state index contributed by atoms with van der Waals surface area (Å²) in [5, 5.41) is 3.52. The van der Waals surface area contributed by atoms with E-state index in [2.05, 4.69) is 25.2 Å². The molecular formula is C15H22FN. The van der Waals surface area contributed by atoms with Crippen LogP contribution in [0.5, 0.6) is 0 Å². The molecule has 1 aliphatic rings. The number of rotatable bonds is 5. The predicted molar refractivity (Wildman–Crippen MR) is 69.8 cm³/mol. The number of benzene rings is 1. The highest BCUT2D eigenvalue weighted by atomic mass is 19.1. The van der Waals surface area contributed by atoms with Crippen molar-refractivity contribution in [3.8, 4) is 0 Å². The van der Waals surface area contributed by atoms with Gasteiger partial charge >= 0.3 is 0 Å². The first-order chi connectivity index (χ1) is 7.97. The van der Waals surface area contributed by atoms with Gasteiger partial charge in [-0.15, -0.1) is 0 Å². The zero-order valence-electron chi connectivity index (χ0n) is 11.0. The Morgan fingerprint density at radius 1 is 1.29 bits per heavy atom. The van der Waals surface area contributed by atoms with Gasteiger partial charge in [-0.1, -0.05) is 19.9 Å². The van der Waals surface area contributed by atoms with E-state index in [0.29, 0.717) is 0 Å². The summed E-state index contributed by atoms with van der Waals surface area (Å²) in [6, 6.07) is 6.10. The van der Waals surface area contributed by atoms with Crippen LogP contribution in [0, 0.1) is 12.7 Å². The second-order valence-electron chi connectivity index (χ2n) is 5.88. The zero-order chi connectivity index (χ0) is 12.5. The van der Waals surface area contributed by atoms with E-state index in [1.165, 1.54) is 12.8 Å². The van der Waals surface area contributed by atoms with E-state index in [0.717, 1.165) is 30.1 Å². The van der Waals surface area contributed by atoms with Crippen molar-refractivity contribution in [2.75, 3.05) is 6.54 Å². The third-order valence-electron chi connectivity index (χ3n) is 3.58. The molecule has 0 amide bonds. The second kappa shape index (κ2) is 4.77. The maximum Gasteiger partial charge on any atom is 0.123 e. The summed E-state index contributed by atoms with van der Waals surface area (Å²) in [4.78, 5) is 0. The van der Waals surface area contributed by atoms with Crippen molar-refractivity contribution in [2.45, 2.75) is 51.5 Å². The van der Waals surface area contributed by atoms with Gasteiger partial charge in [-0.3, -0.25) is 0 Å². The van der Waals surface area contributed by atoms with Gasteiger partial charge in [0.25, 0.3) is 0 Å². The summed E-state index contributed by atoms with van der Waals surface area (Å²) < 4.78 is 13.4. The minimum atomic E-state index is -0.122. The normalized spacial score (nSPS) is 16.2. The van der Waals surface area contributed by atoms with Crippen LogP contribution in [0.3, 0.4) is 0 Å². The fourth-order valence-corrected chi connectivity index (χ4v) is 2.15. The van der Waals surface area contributed by atoms with Gasteiger partial charge in [-0.2, -0.15) is 0 Å². The third-order valence-corrected chi connectivity index (χ3v) is 3.58. The largest absolute Gasteiger partial charge is 0.314 e. The Labute approximate surface area is 103 Å². The molecule has 1 aromatic rings. The van der Waals surface area contributed by atoms with Crippen LogP contribution in [-0.2, 0) is 5.41 Å². The van der Waals surface area contributed by atoms with Gasteiger partial charge < -0.3 is 5.32 Å². The molecule has 0 spiro atoms. The Kier molecular flexibility index (Phi) is 3.53. The molecule has 1 nitrogen and oxygen atoms in total. The molecule has 1 saturated carbocycles. The Morgan fingerprint density at radius 3 is 2.59 bits per heavy atom. The number of aryl methyl sites for hydroxylation is 1. The Bertz CT molecular complexity index is 374. The number of hydrogen-bond acceptors (Lipinski definition) is 1. The molecule has 0 bridgehead atoms. The fourth-order valence-electron chi connectivity index (χ4n) is 2.15. The van der Waals surface area contributed by atoms with Crippen LogP contribution in [-0.4, -0.2) is 12.6 Å². The molecule has 1 N–H and O–H groups in total. The number of halogens is 1. The summed E-state index contributed by atoms with van der Waals surface area (Å²) in [5.41, 5.74) is 2.14. The van der Waals surface area contributed by atoms with E-state index in [1.54, 1.807) is 12.1 Å². The topological polar surface area (TPSA) is 12.0 Å². The summed E-state index contributed by atoms with van der Waals surface area (Å²) in [6.45, 7) is 7.35. The quantitative estimate of drug-likeness (QED) is 0.823. The van der Waals surface area contributed by atoms with Gasteiger partial charge in [0.1, 0.15) is 5.82 Å². The lowest BCUT2D eigenvalue weighted by Gasteiger charge is -2.26. The molecule has 0 aliphatic heterocycles. The van der Waals surface area contributed by atoms with E-state index in [9.17, 15) is 4.39 Å². The first kappa shape index (κ1) is 12.6. The van der Waals surface area contributed by atoms with Crippen LogP contribution >= 0.6 is 0 Å². The van der Waals surface area contributed by atoms with Crippen LogP contribution in [0.25, 0.3) is 0 Å². The maximum absolute atomic E-state index is 13.4. The lowest BCUT2D eigenvalue weighted by molar-refractivity contribution is 0.453. The minimum Gasteiger partial charge on any atom is -0.314 e. The van der Waals surface area contributed by atoms with E-state index in [-0.39, 0.29) is 11.2 Å². The van der Waals surface area contributed by atoms with Gasteiger partial charge in [0.15, 0.2) is 0 Å². The lowest BCUT2D eigenvalue weighted by atomic mass is 9.81. The molecule has 0 aromatic heterocycles. The highest BCUT2D eigenvalue weighted by molar-refractivity contribution is 5.29. The molecule has 0 radical (unpaired) electrons. The molecule has 1 aliphatic carbocycles. The van der Waals surface area contributed by atoms with Gasteiger partial charge in [0.2, 0.25) is 0 Å². The molecule has 0 atom stereocenters. The SMILES string of the molecule is Cc1cc(F)cc(C(C)(C)CCNC2CC2)c1. The standard InChI is InChI=1S/C15H22FN/c1-11-8-12(10-13(16)9-11)15(2,3)6-7-17-14-4-5-14/h8-10,14,17H,4-7H2,1-3H3. The Balaban J connectivity index is 2.00. The molecule has 1 aromatic carbocycles. The first-order valence-corrected chi connectivity index (χ1v) is 6.48. The molecular weight excluding hydrogens is 213 g/mol. The average Bonchev–Trinajstić information content (AvgIpc) is 3.00. The molecule has 0 unspecified atom stereocenters. The smallest absolute Gasteiger partial charge is 0.123 e. The molecule has 94 valence electrons. The predicted octanol–water partition coefficient (Wildman–Crippen LogP) is 3.55. The van der Waals surface area contributed by atoms with Crippen LogP contribution in [0.1, 0.15) is 44.2 Å². The van der Waals surface area contributed by atoms with Crippen LogP contribution in [0.4, 0.5) is 4.39 Å². The van der Waals surface area contributed by atoms with Crippen molar-refractivity contribution in [2.24, 2.45) is 0 Å². The van der Waals surface area contributed by atoms with E-state index >= 15 is 0 Å². The summed E-state index contributed by atoms with van der Waals surface area (Å²) >= 11 is 0. The summed E-state index contributed by atoms with van der Waals surface area (Å²) in [5.74, 6) is -0.122. The van der Waals surface area contributed by atoms with Crippen LogP contribution in [0.15, 0.2) is 18.2 Å². The number of hydrogen-bond donors (Lipinski definition) is 1. The Morgan fingerprint density at radius 2 is 2.00 bits per heavy atom. The van der Waals surface area contributed by atoms with Crippen LogP contribution in [0.2, 0.25) is 0 Å². The summed E-state index contributed by atoms with van der Waals surface area (Å²) in [6.07, 6.45) is 3.69. The van der Waals surface area contributed by atoms with Crippen LogP contribution < -0.4 is 5.32 Å². The van der Waals surface area contributed by atoms with Crippen molar-refractivity contribution >= 4 is 0 Å². The molecule has 0 heterocycles. The first-order valence-electron chi connectivity index (χ1n) is 6.48. The minimum absolute atomic E-state index is 0.0365. The van der Waals surface area contributed by atoms with Crippen molar-refractivity contribution in [1.29, 1.82) is 0 Å². The highest BCUT2D eigenvalue weighted by Gasteiger charge is 2.24. The van der Waals surface area contributed by atoms with Gasteiger partial charge in [0, 0.05) is 6.04 Å². The second-order valence-corrected chi connectivity index (χ2v) is 5.88. The number of nitrogens with one attached hydrogen (secondary N) is 1. The van der Waals surface area contributed by atoms with Crippen molar-refractivity contribution in [3.05, 3.63) is 35.1 Å². The van der Waals surface area contributed by atoms with E-state index in [1.807, 2.05) is 6.92 Å². The molecule has 2 rings (SSSR count). The van der Waals surface area contributed by atoms with Gasteiger partial charge in [-0.25, -0.2) is 4.39 Å². The van der Waals surface area contributed by atoms with Gasteiger partial charge in [-0.05, 0) is 61.4 Å². The van der Waals surface area contributed by atoms with Crippen molar-refractivity contribution < 1.29 is 4.39 Å². The average molecular weight is 235 g/mol. The maximum atomic E-state index is 13.4. The zero-order valence-corrected chi connectivity index (χ0v) is 11.0. The fraction of sp³-hybridized carbons (Fsp3) is 0.600. The molecule has 17 heavy (non-hydrogen) atoms. The monoisotopic (exact) mass is 235 g/mol. The van der Waals surface area contributed by atoms with Crippen molar-refractivity contribution in [1.82, 2.24) is 5.32 Å². The van der Waals surface area contributed by atoms with Gasteiger partial charge in [0.05, 0.1) is 0 Å². The van der Waals surface area contributed by atoms with E-state index in [4.69, 9.17) is 0 Å². The lowest BCUT2D eigenvalue weighted by Crippen LogP contribution is -2.26. The summed E-state index contributed by atoms with van der Waals surface area (Å²) in [7, 11) is 0. The third kappa shape index (κ3) is 3.53. The Hall–Kier alpha value is -0.890. The molecule has 0 saturated heterocycles. The van der Waals surface area contributed by atoms with E-state index < -0.39 is 0 Å². The van der Waals surface area contributed by atoms with Crippen molar-refractivity contribution in [3.63, 3.8) is 0 Å². The highest BCUT2D eigenvalue weighted by Crippen LogP contribution is 2.28. The molecule has 2 heteroatoms. The molecule has 1 fully saturated rings.